The zero-order chi connectivity index (χ0) is 6.69. The van der Waals surface area contributed by atoms with Crippen LogP contribution in [0.5, 0.6) is 0 Å². The highest BCUT2D eigenvalue weighted by Crippen LogP contribution is 1.91. The molecule has 1 rings (SSSR count). The average molecular weight is 138 g/mol. The lowest BCUT2D eigenvalue weighted by molar-refractivity contribution is 0.614. The van der Waals surface area contributed by atoms with Gasteiger partial charge in [0, 0.05) is 11.9 Å². The van der Waals surface area contributed by atoms with Crippen molar-refractivity contribution in [2.45, 2.75) is 0 Å². The lowest BCUT2D eigenvalue weighted by atomic mass is 10.4. The molecule has 1 heterocycles. The number of nitrogens with zero attached hydrogens (tertiary/aromatic N) is 1. The van der Waals surface area contributed by atoms with Crippen LogP contribution in [-0.4, -0.2) is 19.5 Å². The number of aromatic nitrogens is 1. The van der Waals surface area contributed by atoms with Gasteiger partial charge in [0.1, 0.15) is 0 Å². The summed E-state index contributed by atoms with van der Waals surface area (Å²) in [7, 11) is -0.265. The Morgan fingerprint density at radius 1 is 1.67 bits per heavy atom. The summed E-state index contributed by atoms with van der Waals surface area (Å²) < 4.78 is 0. The number of hydrogen-bond donors (Lipinski definition) is 2. The van der Waals surface area contributed by atoms with E-state index >= 15 is 0 Å². The van der Waals surface area contributed by atoms with Gasteiger partial charge in [0.15, 0.2) is 0 Å². The van der Waals surface area contributed by atoms with E-state index in [0.29, 0.717) is 11.0 Å². The van der Waals surface area contributed by atoms with E-state index in [1.807, 2.05) is 0 Å². The lowest BCUT2D eigenvalue weighted by Gasteiger charge is -1.92. The number of anilines is 1. The molecule has 0 aromatic carbocycles. The van der Waals surface area contributed by atoms with Gasteiger partial charge in [0.05, 0.1) is 5.32 Å². The minimum absolute atomic E-state index is 0.265. The number of hydrogen-bond acceptors (Lipinski definition) is 3. The zero-order valence-electron chi connectivity index (χ0n) is 4.70. The Morgan fingerprint density at radius 2 is 2.44 bits per heavy atom. The van der Waals surface area contributed by atoms with Crippen molar-refractivity contribution in [3.05, 3.63) is 18.3 Å². The topological polar surface area (TPSA) is 59.1 Å². The molecule has 0 fully saturated rings. The van der Waals surface area contributed by atoms with Crippen molar-refractivity contribution in [2.75, 3.05) is 5.73 Å². The van der Waals surface area contributed by atoms with Crippen LogP contribution >= 0.6 is 0 Å². The quantitative estimate of drug-likeness (QED) is 0.484. The first kappa shape index (κ1) is 6.25. The molecule has 4 heteroatoms. The molecule has 1 aromatic heterocycles. The first-order valence-corrected chi connectivity index (χ1v) is 3.39. The van der Waals surface area contributed by atoms with E-state index in [9.17, 15) is 0 Å². The van der Waals surface area contributed by atoms with Crippen LogP contribution in [0.2, 0.25) is 0 Å². The highest BCUT2D eigenvalue weighted by molar-refractivity contribution is 6.44. The van der Waals surface area contributed by atoms with Crippen molar-refractivity contribution < 1.29 is 4.80 Å². The normalized spacial score (nSPS) is 9.44. The predicted octanol–water partition coefficient (Wildman–Crippen LogP) is -1.10. The van der Waals surface area contributed by atoms with Crippen LogP contribution in [0.4, 0.5) is 5.69 Å². The van der Waals surface area contributed by atoms with Crippen LogP contribution in [0.25, 0.3) is 0 Å². The lowest BCUT2D eigenvalue weighted by Crippen LogP contribution is -2.17. The third kappa shape index (κ3) is 1.51. The first-order valence-electron chi connectivity index (χ1n) is 2.44. The highest BCUT2D eigenvalue weighted by Gasteiger charge is 1.91. The summed E-state index contributed by atoms with van der Waals surface area (Å²) in [6.45, 7) is 0. The van der Waals surface area contributed by atoms with Gasteiger partial charge in [-0.15, -0.1) is 0 Å². The maximum Gasteiger partial charge on any atom is 0.287 e. The average Bonchev–Trinajstić information content (AvgIpc) is 1.88. The molecule has 0 unspecified atom stereocenters. The summed E-state index contributed by atoms with van der Waals surface area (Å²) in [4.78, 5) is 12.4. The molecule has 0 saturated carbocycles. The Hall–Kier alpha value is -0.873. The molecule has 0 atom stereocenters. The van der Waals surface area contributed by atoms with Crippen LogP contribution < -0.4 is 11.1 Å². The molecule has 0 bridgehead atoms. The van der Waals surface area contributed by atoms with Gasteiger partial charge in [0.2, 0.25) is 0 Å². The molecule has 3 nitrogen and oxygen atoms in total. The number of pyridine rings is 1. The van der Waals surface area contributed by atoms with Gasteiger partial charge >= 0.3 is 0 Å². The molecule has 0 aliphatic rings. The van der Waals surface area contributed by atoms with Crippen LogP contribution in [-0.2, 0) is 0 Å². The van der Waals surface area contributed by atoms with E-state index in [1.54, 1.807) is 18.3 Å². The molecule has 0 spiro atoms. The molecule has 0 aliphatic heterocycles. The second-order valence-corrected chi connectivity index (χ2v) is 2.32. The van der Waals surface area contributed by atoms with Crippen molar-refractivity contribution in [1.82, 2.24) is 4.98 Å². The molecular weight excluding hydrogens is 132 g/mol. The SMILES string of the molecule is Nc1ccnc([Si]O)c1. The van der Waals surface area contributed by atoms with E-state index in [2.05, 4.69) is 4.98 Å². The van der Waals surface area contributed by atoms with E-state index in [-0.39, 0.29) is 9.76 Å². The van der Waals surface area contributed by atoms with Crippen molar-refractivity contribution in [2.24, 2.45) is 0 Å². The molecule has 9 heavy (non-hydrogen) atoms. The standard InChI is InChI=1S/C5H6N2OSi/c6-4-1-2-7-5(3-4)9-8/h1-3,8H,(H2,6,7). The van der Waals surface area contributed by atoms with E-state index < -0.39 is 0 Å². The smallest absolute Gasteiger partial charge is 0.287 e. The van der Waals surface area contributed by atoms with E-state index in [0.717, 1.165) is 0 Å². The Labute approximate surface area is 55.5 Å². The number of nitrogens with two attached hydrogens (primary N) is 1. The van der Waals surface area contributed by atoms with Crippen LogP contribution in [0, 0.1) is 0 Å². The molecule has 0 aliphatic carbocycles. The van der Waals surface area contributed by atoms with Gasteiger partial charge in [-0.25, -0.2) is 0 Å². The van der Waals surface area contributed by atoms with Crippen molar-refractivity contribution in [3.63, 3.8) is 0 Å². The fourth-order valence-corrected chi connectivity index (χ4v) is 0.872. The largest absolute Gasteiger partial charge is 0.427 e. The van der Waals surface area contributed by atoms with Crippen molar-refractivity contribution >= 4 is 20.8 Å². The summed E-state index contributed by atoms with van der Waals surface area (Å²) in [6.07, 6.45) is 1.58. The fraction of sp³-hybridized carbons (Fsp3) is 0. The van der Waals surface area contributed by atoms with Gasteiger partial charge in [0.25, 0.3) is 9.76 Å². The summed E-state index contributed by atoms with van der Waals surface area (Å²) in [5.74, 6) is 0. The molecule has 0 saturated heterocycles. The summed E-state index contributed by atoms with van der Waals surface area (Å²) in [5, 5.41) is 0.634. The number of nitrogen functional groups attached to an aromatic ring is 1. The molecular formula is C5H6N2OSi. The summed E-state index contributed by atoms with van der Waals surface area (Å²) in [6, 6.07) is 3.34. The first-order chi connectivity index (χ1) is 4.33. The summed E-state index contributed by atoms with van der Waals surface area (Å²) in [5.41, 5.74) is 6.03. The third-order valence-electron chi connectivity index (χ3n) is 0.899. The Kier molecular flexibility index (Phi) is 1.81. The van der Waals surface area contributed by atoms with Gasteiger partial charge in [-0.3, -0.25) is 4.98 Å². The van der Waals surface area contributed by atoms with E-state index in [1.165, 1.54) is 0 Å². The molecule has 1 aromatic rings. The molecule has 3 N–H and O–H groups in total. The molecule has 46 valence electrons. The van der Waals surface area contributed by atoms with Crippen LogP contribution in [0.3, 0.4) is 0 Å². The zero-order valence-corrected chi connectivity index (χ0v) is 5.70. The van der Waals surface area contributed by atoms with Gasteiger partial charge < -0.3 is 10.5 Å². The molecule has 0 amide bonds. The van der Waals surface area contributed by atoms with Crippen LogP contribution in [0.15, 0.2) is 18.3 Å². The number of rotatable bonds is 1. The maximum absolute atomic E-state index is 8.57. The minimum Gasteiger partial charge on any atom is -0.427 e. The minimum atomic E-state index is -0.265. The second-order valence-electron chi connectivity index (χ2n) is 1.59. The monoisotopic (exact) mass is 138 g/mol. The van der Waals surface area contributed by atoms with Crippen molar-refractivity contribution in [1.29, 1.82) is 0 Å². The Balaban J connectivity index is 2.94. The molecule has 2 radical (unpaired) electrons. The maximum atomic E-state index is 8.57. The van der Waals surface area contributed by atoms with E-state index in [4.69, 9.17) is 10.5 Å². The van der Waals surface area contributed by atoms with Gasteiger partial charge in [-0.1, -0.05) is 0 Å². The highest BCUT2D eigenvalue weighted by atomic mass is 28.2. The predicted molar refractivity (Wildman–Crippen MR) is 36.3 cm³/mol. The summed E-state index contributed by atoms with van der Waals surface area (Å²) >= 11 is 0. The van der Waals surface area contributed by atoms with Crippen molar-refractivity contribution in [3.8, 4) is 0 Å². The third-order valence-corrected chi connectivity index (χ3v) is 1.40. The Bertz CT molecular complexity index is 204. The van der Waals surface area contributed by atoms with Gasteiger partial charge in [-0.2, -0.15) is 0 Å². The second kappa shape index (κ2) is 2.61. The fourth-order valence-electron chi connectivity index (χ4n) is 0.508. The van der Waals surface area contributed by atoms with Crippen LogP contribution in [0.1, 0.15) is 0 Å². The van der Waals surface area contributed by atoms with Gasteiger partial charge in [-0.05, 0) is 12.1 Å². The Morgan fingerprint density at radius 3 is 2.89 bits per heavy atom.